The van der Waals surface area contributed by atoms with Crippen LogP contribution in [0, 0.1) is 5.92 Å². The SMILES string of the molecule is CCOC(=O)C(C)N1CCCC(CN2CCCCC2C)C1. The van der Waals surface area contributed by atoms with E-state index in [0.29, 0.717) is 12.5 Å². The normalized spacial score (nSPS) is 30.0. The van der Waals surface area contributed by atoms with Crippen LogP contribution in [0.1, 0.15) is 52.9 Å². The van der Waals surface area contributed by atoms with Crippen LogP contribution in [-0.4, -0.2) is 60.6 Å². The van der Waals surface area contributed by atoms with Crippen LogP contribution in [0.25, 0.3) is 0 Å². The lowest BCUT2D eigenvalue weighted by Crippen LogP contribution is -2.49. The molecule has 0 N–H and O–H groups in total. The van der Waals surface area contributed by atoms with Gasteiger partial charge in [0.25, 0.3) is 0 Å². The summed E-state index contributed by atoms with van der Waals surface area (Å²) in [5, 5.41) is 0. The minimum atomic E-state index is -0.0912. The summed E-state index contributed by atoms with van der Waals surface area (Å²) in [6.07, 6.45) is 6.58. The molecule has 2 saturated heterocycles. The zero-order valence-corrected chi connectivity index (χ0v) is 14.0. The first-order valence-corrected chi connectivity index (χ1v) is 8.76. The summed E-state index contributed by atoms with van der Waals surface area (Å²) in [6.45, 7) is 11.2. The predicted octanol–water partition coefficient (Wildman–Crippen LogP) is 2.52. The molecule has 21 heavy (non-hydrogen) atoms. The Morgan fingerprint density at radius 2 is 2.05 bits per heavy atom. The van der Waals surface area contributed by atoms with E-state index in [2.05, 4.69) is 16.7 Å². The first-order valence-electron chi connectivity index (χ1n) is 8.76. The van der Waals surface area contributed by atoms with Gasteiger partial charge in [-0.2, -0.15) is 0 Å². The Morgan fingerprint density at radius 3 is 2.76 bits per heavy atom. The molecule has 3 atom stereocenters. The summed E-state index contributed by atoms with van der Waals surface area (Å²) < 4.78 is 5.17. The van der Waals surface area contributed by atoms with E-state index in [1.54, 1.807) is 0 Å². The van der Waals surface area contributed by atoms with Crippen LogP contribution >= 0.6 is 0 Å². The van der Waals surface area contributed by atoms with E-state index in [-0.39, 0.29) is 12.0 Å². The van der Waals surface area contributed by atoms with Gasteiger partial charge in [0.2, 0.25) is 0 Å². The van der Waals surface area contributed by atoms with Gasteiger partial charge in [0, 0.05) is 19.1 Å². The highest BCUT2D eigenvalue weighted by molar-refractivity contribution is 5.75. The average Bonchev–Trinajstić information content (AvgIpc) is 2.49. The van der Waals surface area contributed by atoms with Crippen molar-refractivity contribution in [3.8, 4) is 0 Å². The summed E-state index contributed by atoms with van der Waals surface area (Å²) in [5.74, 6) is 0.640. The van der Waals surface area contributed by atoms with E-state index < -0.39 is 0 Å². The molecule has 0 aromatic heterocycles. The third-order valence-corrected chi connectivity index (χ3v) is 5.16. The lowest BCUT2D eigenvalue weighted by Gasteiger charge is -2.40. The monoisotopic (exact) mass is 296 g/mol. The van der Waals surface area contributed by atoms with Crippen molar-refractivity contribution >= 4 is 5.97 Å². The molecule has 122 valence electrons. The highest BCUT2D eigenvalue weighted by atomic mass is 16.5. The van der Waals surface area contributed by atoms with Gasteiger partial charge in [-0.1, -0.05) is 6.42 Å². The summed E-state index contributed by atoms with van der Waals surface area (Å²) >= 11 is 0. The van der Waals surface area contributed by atoms with Crippen LogP contribution in [0.5, 0.6) is 0 Å². The summed E-state index contributed by atoms with van der Waals surface area (Å²) in [5.41, 5.74) is 0. The van der Waals surface area contributed by atoms with Crippen molar-refractivity contribution < 1.29 is 9.53 Å². The quantitative estimate of drug-likeness (QED) is 0.730. The molecule has 0 bridgehead atoms. The van der Waals surface area contributed by atoms with E-state index in [9.17, 15) is 4.79 Å². The number of hydrogen-bond donors (Lipinski definition) is 0. The summed E-state index contributed by atoms with van der Waals surface area (Å²) in [4.78, 5) is 16.9. The number of likely N-dealkylation sites (tertiary alicyclic amines) is 2. The summed E-state index contributed by atoms with van der Waals surface area (Å²) in [7, 11) is 0. The zero-order chi connectivity index (χ0) is 15.2. The largest absolute Gasteiger partial charge is 0.465 e. The Kier molecular flexibility index (Phi) is 6.49. The third-order valence-electron chi connectivity index (χ3n) is 5.16. The van der Waals surface area contributed by atoms with Crippen molar-refractivity contribution in [2.45, 2.75) is 65.0 Å². The average molecular weight is 296 g/mol. The van der Waals surface area contributed by atoms with Gasteiger partial charge < -0.3 is 9.64 Å². The predicted molar refractivity (Wildman–Crippen MR) is 85.3 cm³/mol. The van der Waals surface area contributed by atoms with Crippen molar-refractivity contribution in [3.63, 3.8) is 0 Å². The van der Waals surface area contributed by atoms with Crippen LogP contribution in [0.4, 0.5) is 0 Å². The highest BCUT2D eigenvalue weighted by Gasteiger charge is 2.30. The van der Waals surface area contributed by atoms with Gasteiger partial charge in [0.1, 0.15) is 6.04 Å². The van der Waals surface area contributed by atoms with E-state index in [4.69, 9.17) is 4.74 Å². The molecule has 2 rings (SSSR count). The van der Waals surface area contributed by atoms with Gasteiger partial charge in [-0.25, -0.2) is 0 Å². The van der Waals surface area contributed by atoms with Crippen molar-refractivity contribution in [1.82, 2.24) is 9.80 Å². The number of nitrogens with zero attached hydrogens (tertiary/aromatic N) is 2. The van der Waals surface area contributed by atoms with Crippen LogP contribution in [0.15, 0.2) is 0 Å². The van der Waals surface area contributed by atoms with Crippen molar-refractivity contribution in [3.05, 3.63) is 0 Å². The van der Waals surface area contributed by atoms with Crippen molar-refractivity contribution in [1.29, 1.82) is 0 Å². The fourth-order valence-corrected chi connectivity index (χ4v) is 3.77. The second-order valence-electron chi connectivity index (χ2n) is 6.77. The molecule has 0 aromatic carbocycles. The molecule has 0 spiro atoms. The standard InChI is InChI=1S/C17H32N2O2/c1-4-21-17(20)15(3)19-11-7-9-16(13-19)12-18-10-6-5-8-14(18)2/h14-16H,4-13H2,1-3H3. The highest BCUT2D eigenvalue weighted by Crippen LogP contribution is 2.23. The minimum Gasteiger partial charge on any atom is -0.465 e. The first kappa shape index (κ1) is 16.8. The van der Waals surface area contributed by atoms with E-state index in [1.165, 1.54) is 45.2 Å². The maximum atomic E-state index is 11.9. The lowest BCUT2D eigenvalue weighted by molar-refractivity contribution is -0.149. The molecule has 0 saturated carbocycles. The Labute approximate surface area is 129 Å². The van der Waals surface area contributed by atoms with Crippen LogP contribution in [0.2, 0.25) is 0 Å². The summed E-state index contributed by atoms with van der Waals surface area (Å²) in [6, 6.07) is 0.642. The molecule has 2 fully saturated rings. The molecule has 4 heteroatoms. The smallest absolute Gasteiger partial charge is 0.323 e. The third kappa shape index (κ3) is 4.68. The Morgan fingerprint density at radius 1 is 1.24 bits per heavy atom. The van der Waals surface area contributed by atoms with Gasteiger partial charge in [0.05, 0.1) is 6.61 Å². The van der Waals surface area contributed by atoms with Crippen molar-refractivity contribution in [2.75, 3.05) is 32.8 Å². The van der Waals surface area contributed by atoms with E-state index in [1.807, 2.05) is 13.8 Å². The molecule has 0 amide bonds. The second kappa shape index (κ2) is 8.14. The van der Waals surface area contributed by atoms with Crippen LogP contribution < -0.4 is 0 Å². The number of ether oxygens (including phenoxy) is 1. The van der Waals surface area contributed by atoms with Crippen LogP contribution in [0.3, 0.4) is 0 Å². The molecule has 4 nitrogen and oxygen atoms in total. The van der Waals surface area contributed by atoms with E-state index in [0.717, 1.165) is 19.1 Å². The molecule has 3 unspecified atom stereocenters. The lowest BCUT2D eigenvalue weighted by atomic mass is 9.94. The molecular formula is C17H32N2O2. The fraction of sp³-hybridized carbons (Fsp3) is 0.941. The number of piperidine rings is 2. The molecule has 2 aliphatic heterocycles. The molecule has 0 aromatic rings. The van der Waals surface area contributed by atoms with E-state index >= 15 is 0 Å². The number of rotatable bonds is 5. The molecule has 0 aliphatic carbocycles. The Bertz CT molecular complexity index is 335. The molecule has 2 heterocycles. The van der Waals surface area contributed by atoms with Crippen molar-refractivity contribution in [2.24, 2.45) is 5.92 Å². The van der Waals surface area contributed by atoms with Gasteiger partial charge in [-0.3, -0.25) is 9.69 Å². The molecule has 0 radical (unpaired) electrons. The van der Waals surface area contributed by atoms with Crippen LogP contribution in [-0.2, 0) is 9.53 Å². The second-order valence-corrected chi connectivity index (χ2v) is 6.77. The fourth-order valence-electron chi connectivity index (χ4n) is 3.77. The topological polar surface area (TPSA) is 32.8 Å². The Hall–Kier alpha value is -0.610. The van der Waals surface area contributed by atoms with Gasteiger partial charge in [-0.05, 0) is 65.5 Å². The number of carbonyl (C=O) groups is 1. The number of carbonyl (C=O) groups excluding carboxylic acids is 1. The Balaban J connectivity index is 1.83. The first-order chi connectivity index (χ1) is 10.1. The van der Waals surface area contributed by atoms with Gasteiger partial charge in [0.15, 0.2) is 0 Å². The van der Waals surface area contributed by atoms with Gasteiger partial charge >= 0.3 is 5.97 Å². The maximum absolute atomic E-state index is 11.9. The van der Waals surface area contributed by atoms with Gasteiger partial charge in [-0.15, -0.1) is 0 Å². The molecule has 2 aliphatic rings. The minimum absolute atomic E-state index is 0.0653. The number of hydrogen-bond acceptors (Lipinski definition) is 4. The zero-order valence-electron chi connectivity index (χ0n) is 14.0. The number of esters is 1. The maximum Gasteiger partial charge on any atom is 0.323 e. The molecular weight excluding hydrogens is 264 g/mol.